The monoisotopic (exact) mass is 1100 g/mol. The Balaban J connectivity index is 0.762. The average Bonchev–Trinajstić information content (AvgIpc) is 3.42. The Labute approximate surface area is 441 Å². The van der Waals surface area contributed by atoms with Gasteiger partial charge in [0, 0.05) is 17.7 Å². The van der Waals surface area contributed by atoms with E-state index in [4.69, 9.17) is 85.3 Å². The van der Waals surface area contributed by atoms with Crippen LogP contribution in [0.1, 0.15) is 49.7 Å². The van der Waals surface area contributed by atoms with Gasteiger partial charge in [-0.2, -0.15) is 0 Å². The highest BCUT2D eigenvalue weighted by molar-refractivity contribution is 9.10. The van der Waals surface area contributed by atoms with Crippen molar-refractivity contribution in [1.29, 1.82) is 0 Å². The van der Waals surface area contributed by atoms with Gasteiger partial charge in [0.15, 0.2) is 35.6 Å². The molecule has 2 aliphatic heterocycles. The van der Waals surface area contributed by atoms with Gasteiger partial charge < -0.3 is 85.3 Å². The summed E-state index contributed by atoms with van der Waals surface area (Å²) in [7, 11) is 0. The molecular formula is C54H81BrO18. The summed E-state index contributed by atoms with van der Waals surface area (Å²) in [6.07, 6.45) is 6.24. The van der Waals surface area contributed by atoms with Gasteiger partial charge in [-0.05, 0) is 73.9 Å². The fourth-order valence-electron chi connectivity index (χ4n) is 7.13. The first-order valence-corrected chi connectivity index (χ1v) is 26.7. The maximum Gasteiger partial charge on any atom is 0.161 e. The van der Waals surface area contributed by atoms with Crippen LogP contribution in [0.2, 0.25) is 0 Å². The third-order valence-corrected chi connectivity index (χ3v) is 11.9. The fourth-order valence-corrected chi connectivity index (χ4v) is 7.62. The van der Waals surface area contributed by atoms with Crippen LogP contribution < -0.4 is 18.9 Å². The molecular weight excluding hydrogens is 1020 g/mol. The second-order valence-corrected chi connectivity index (χ2v) is 17.3. The van der Waals surface area contributed by atoms with Gasteiger partial charge in [0.05, 0.1) is 145 Å². The third kappa shape index (κ3) is 29.0. The number of rotatable bonds is 46. The van der Waals surface area contributed by atoms with Gasteiger partial charge in [-0.3, -0.25) is 0 Å². The Morgan fingerprint density at radius 3 is 0.918 bits per heavy atom. The summed E-state index contributed by atoms with van der Waals surface area (Å²) in [4.78, 5) is 0. The van der Waals surface area contributed by atoms with Crippen molar-refractivity contribution in [1.82, 2.24) is 0 Å². The van der Waals surface area contributed by atoms with Gasteiger partial charge >= 0.3 is 0 Å². The smallest absolute Gasteiger partial charge is 0.161 e. The SMILES string of the molecule is Brc1c(COCCOCCOCCOc2ccccc2OCCOCCOCCOC2CCCCO2)cccc1COCCOCCOCCOc1ccccc1OCCOCCOCCOC1CCCCO1. The summed E-state index contributed by atoms with van der Waals surface area (Å²) in [6, 6.07) is 21.2. The minimum Gasteiger partial charge on any atom is -0.487 e. The number of halogens is 1. The van der Waals surface area contributed by atoms with Crippen LogP contribution in [0.15, 0.2) is 71.2 Å². The van der Waals surface area contributed by atoms with Crippen LogP contribution in [-0.4, -0.2) is 184 Å². The zero-order valence-electron chi connectivity index (χ0n) is 42.8. The van der Waals surface area contributed by atoms with Crippen molar-refractivity contribution in [2.75, 3.05) is 172 Å². The van der Waals surface area contributed by atoms with E-state index < -0.39 is 0 Å². The van der Waals surface area contributed by atoms with Gasteiger partial charge in [0.25, 0.3) is 0 Å². The first-order chi connectivity index (χ1) is 36.3. The molecule has 18 nitrogen and oxygen atoms in total. The van der Waals surface area contributed by atoms with Crippen molar-refractivity contribution in [3.05, 3.63) is 82.3 Å². The molecule has 73 heavy (non-hydrogen) atoms. The van der Waals surface area contributed by atoms with Crippen LogP contribution in [-0.2, 0) is 79.5 Å². The summed E-state index contributed by atoms with van der Waals surface area (Å²) >= 11 is 3.72. The Hall–Kier alpha value is -3.22. The predicted molar refractivity (Wildman–Crippen MR) is 274 cm³/mol. The standard InChI is InChI=1S/C54H81BrO18/c55-54-46(44-64-30-28-56-20-22-58-32-38-66-48-12-1-3-14-50(48)68-40-34-60-24-26-62-36-42-72-52-16-5-7-18-70-52)10-9-11-47(54)45-65-31-29-57-21-23-59-33-39-67-49-13-2-4-15-51(49)69-41-35-61-25-27-63-37-43-73-53-17-6-8-19-71-53/h1-4,9-15,52-53H,5-8,16-45H2. The van der Waals surface area contributed by atoms with Crippen molar-refractivity contribution in [2.24, 2.45) is 0 Å². The van der Waals surface area contributed by atoms with Crippen LogP contribution in [0.4, 0.5) is 0 Å². The van der Waals surface area contributed by atoms with E-state index in [0.717, 1.165) is 67.3 Å². The molecule has 2 aliphatic rings. The number of benzene rings is 3. The summed E-state index contributed by atoms with van der Waals surface area (Å²) in [5.41, 5.74) is 2.07. The molecule has 0 aromatic heterocycles. The number of ether oxygens (including phenoxy) is 18. The summed E-state index contributed by atoms with van der Waals surface area (Å²) < 4.78 is 104. The van der Waals surface area contributed by atoms with Crippen molar-refractivity contribution < 1.29 is 85.3 Å². The fraction of sp³-hybridized carbons (Fsp3) is 0.667. The Bertz CT molecular complexity index is 1640. The zero-order valence-corrected chi connectivity index (χ0v) is 44.4. The topological polar surface area (TPSA) is 166 Å². The molecule has 2 saturated heterocycles. The molecule has 3 aromatic rings. The summed E-state index contributed by atoms with van der Waals surface area (Å²) in [5, 5.41) is 0. The van der Waals surface area contributed by atoms with Crippen molar-refractivity contribution in [2.45, 2.75) is 64.3 Å². The van der Waals surface area contributed by atoms with Gasteiger partial charge in [-0.1, -0.05) is 58.4 Å². The molecule has 412 valence electrons. The Kier molecular flexibility index (Phi) is 34.9. The van der Waals surface area contributed by atoms with Gasteiger partial charge in [0.1, 0.15) is 26.4 Å². The first kappa shape index (κ1) is 60.6. The molecule has 0 N–H and O–H groups in total. The highest BCUT2D eigenvalue weighted by Crippen LogP contribution is 2.28. The molecule has 5 rings (SSSR count). The lowest BCUT2D eigenvalue weighted by Gasteiger charge is -2.22. The summed E-state index contributed by atoms with van der Waals surface area (Å²) in [6.45, 7) is 13.4. The van der Waals surface area contributed by atoms with Crippen LogP contribution >= 0.6 is 15.9 Å². The molecule has 0 aliphatic carbocycles. The van der Waals surface area contributed by atoms with Gasteiger partial charge in [-0.15, -0.1) is 0 Å². The van der Waals surface area contributed by atoms with Crippen LogP contribution in [0.5, 0.6) is 23.0 Å². The van der Waals surface area contributed by atoms with E-state index in [-0.39, 0.29) is 12.6 Å². The Morgan fingerprint density at radius 1 is 0.329 bits per heavy atom. The summed E-state index contributed by atoms with van der Waals surface area (Å²) in [5.74, 6) is 2.62. The largest absolute Gasteiger partial charge is 0.487 e. The van der Waals surface area contributed by atoms with E-state index in [2.05, 4.69) is 15.9 Å². The molecule has 0 spiro atoms. The van der Waals surface area contributed by atoms with Crippen molar-refractivity contribution in [3.63, 3.8) is 0 Å². The molecule has 2 heterocycles. The Morgan fingerprint density at radius 2 is 0.616 bits per heavy atom. The lowest BCUT2D eigenvalue weighted by Crippen LogP contribution is -2.24. The molecule has 2 atom stereocenters. The predicted octanol–water partition coefficient (Wildman–Crippen LogP) is 7.62. The van der Waals surface area contributed by atoms with Gasteiger partial charge in [0.2, 0.25) is 0 Å². The van der Waals surface area contributed by atoms with E-state index in [9.17, 15) is 0 Å². The molecule has 0 bridgehead atoms. The molecule has 0 saturated carbocycles. The lowest BCUT2D eigenvalue weighted by atomic mass is 10.1. The van der Waals surface area contributed by atoms with E-state index in [1.165, 1.54) is 0 Å². The van der Waals surface area contributed by atoms with Gasteiger partial charge in [-0.25, -0.2) is 0 Å². The average molecular weight is 1100 g/mol. The second-order valence-electron chi connectivity index (χ2n) is 16.5. The normalized spacial score (nSPS) is 15.9. The quantitative estimate of drug-likeness (QED) is 0.0507. The van der Waals surface area contributed by atoms with Crippen LogP contribution in [0, 0.1) is 0 Å². The third-order valence-electron chi connectivity index (χ3n) is 10.9. The van der Waals surface area contributed by atoms with Crippen molar-refractivity contribution >= 4 is 15.9 Å². The zero-order chi connectivity index (χ0) is 50.7. The molecule has 0 amide bonds. The number of hydrogen-bond donors (Lipinski definition) is 0. The molecule has 0 radical (unpaired) electrons. The van der Waals surface area contributed by atoms with E-state index in [0.29, 0.717) is 195 Å². The van der Waals surface area contributed by atoms with E-state index in [1.54, 1.807) is 0 Å². The maximum absolute atomic E-state index is 5.90. The maximum atomic E-state index is 5.90. The highest BCUT2D eigenvalue weighted by Gasteiger charge is 2.15. The number of hydrogen-bond acceptors (Lipinski definition) is 18. The number of para-hydroxylation sites is 4. The van der Waals surface area contributed by atoms with Crippen LogP contribution in [0.3, 0.4) is 0 Å². The highest BCUT2D eigenvalue weighted by atomic mass is 79.9. The minimum absolute atomic E-state index is 0.0907. The molecule has 3 aromatic carbocycles. The first-order valence-electron chi connectivity index (χ1n) is 26.0. The molecule has 2 fully saturated rings. The van der Waals surface area contributed by atoms with E-state index >= 15 is 0 Å². The van der Waals surface area contributed by atoms with Crippen molar-refractivity contribution in [3.8, 4) is 23.0 Å². The van der Waals surface area contributed by atoms with Crippen LogP contribution in [0.25, 0.3) is 0 Å². The molecule has 19 heteroatoms. The second kappa shape index (κ2) is 42.0. The molecule has 2 unspecified atom stereocenters. The van der Waals surface area contributed by atoms with E-state index in [1.807, 2.05) is 66.7 Å². The minimum atomic E-state index is -0.0907. The lowest BCUT2D eigenvalue weighted by molar-refractivity contribution is -0.169.